The summed E-state index contributed by atoms with van der Waals surface area (Å²) in [7, 11) is 0. The van der Waals surface area contributed by atoms with Gasteiger partial charge in [-0.05, 0) is 12.0 Å². The van der Waals surface area contributed by atoms with Gasteiger partial charge in [-0.3, -0.25) is 0 Å². The number of nitrogens with two attached hydrogens (primary N) is 1. The highest BCUT2D eigenvalue weighted by atomic mass is 35.5. The van der Waals surface area contributed by atoms with Crippen LogP contribution in [-0.4, -0.2) is 4.98 Å². The number of halogens is 1. The normalized spacial score (nSPS) is 15.4. The van der Waals surface area contributed by atoms with Crippen molar-refractivity contribution in [2.24, 2.45) is 11.7 Å². The number of pyridine rings is 1. The van der Waals surface area contributed by atoms with Crippen molar-refractivity contribution in [2.75, 3.05) is 0 Å². The second-order valence-corrected chi connectivity index (χ2v) is 3.65. The summed E-state index contributed by atoms with van der Waals surface area (Å²) in [5, 5.41) is 0.523. The van der Waals surface area contributed by atoms with Crippen LogP contribution in [-0.2, 0) is 0 Å². The summed E-state index contributed by atoms with van der Waals surface area (Å²) in [6.07, 6.45) is 2.72. The molecule has 2 atom stereocenters. The maximum Gasteiger partial charge on any atom is 0.133 e. The summed E-state index contributed by atoms with van der Waals surface area (Å²) in [5.74, 6) is 0.432. The van der Waals surface area contributed by atoms with Gasteiger partial charge in [0.05, 0.1) is 0 Å². The number of hydrogen-bond donors (Lipinski definition) is 1. The highest BCUT2D eigenvalue weighted by Gasteiger charge is 2.15. The first-order chi connectivity index (χ1) is 6.16. The van der Waals surface area contributed by atoms with Gasteiger partial charge in [0.1, 0.15) is 5.15 Å². The smallest absolute Gasteiger partial charge is 0.133 e. The first-order valence-electron chi connectivity index (χ1n) is 4.52. The molecule has 0 aliphatic heterocycles. The molecule has 0 radical (unpaired) electrons. The van der Waals surface area contributed by atoms with Gasteiger partial charge in [-0.15, -0.1) is 0 Å². The Bertz CT molecular complexity index is 275. The van der Waals surface area contributed by atoms with Crippen LogP contribution in [0.15, 0.2) is 18.3 Å². The van der Waals surface area contributed by atoms with E-state index in [0.29, 0.717) is 11.1 Å². The third-order valence-electron chi connectivity index (χ3n) is 2.40. The lowest BCUT2D eigenvalue weighted by atomic mass is 9.94. The zero-order valence-electron chi connectivity index (χ0n) is 8.00. The van der Waals surface area contributed by atoms with Crippen LogP contribution >= 0.6 is 11.6 Å². The van der Waals surface area contributed by atoms with Gasteiger partial charge in [-0.1, -0.05) is 37.9 Å². The summed E-state index contributed by atoms with van der Waals surface area (Å²) >= 11 is 5.93. The predicted molar refractivity (Wildman–Crippen MR) is 55.6 cm³/mol. The Hall–Kier alpha value is -0.600. The second kappa shape index (κ2) is 4.58. The van der Waals surface area contributed by atoms with Gasteiger partial charge >= 0.3 is 0 Å². The van der Waals surface area contributed by atoms with Gasteiger partial charge in [0.2, 0.25) is 0 Å². The first kappa shape index (κ1) is 10.5. The molecule has 1 heterocycles. The van der Waals surface area contributed by atoms with Crippen LogP contribution in [0.25, 0.3) is 0 Å². The van der Waals surface area contributed by atoms with Gasteiger partial charge in [0.25, 0.3) is 0 Å². The van der Waals surface area contributed by atoms with E-state index in [1.165, 1.54) is 0 Å². The molecule has 0 fully saturated rings. The highest BCUT2D eigenvalue weighted by Crippen LogP contribution is 2.25. The van der Waals surface area contributed by atoms with Crippen molar-refractivity contribution >= 4 is 11.6 Å². The zero-order valence-corrected chi connectivity index (χ0v) is 8.75. The molecule has 0 saturated heterocycles. The lowest BCUT2D eigenvalue weighted by Crippen LogP contribution is -2.19. The molecular weight excluding hydrogens is 184 g/mol. The molecule has 72 valence electrons. The van der Waals surface area contributed by atoms with Crippen LogP contribution < -0.4 is 5.73 Å². The lowest BCUT2D eigenvalue weighted by molar-refractivity contribution is 0.456. The molecule has 0 aromatic carbocycles. The minimum atomic E-state index is -0.00815. The Morgan fingerprint density at radius 2 is 2.31 bits per heavy atom. The van der Waals surface area contributed by atoms with Crippen molar-refractivity contribution in [2.45, 2.75) is 26.3 Å². The molecule has 2 N–H and O–H groups in total. The van der Waals surface area contributed by atoms with Crippen molar-refractivity contribution in [1.29, 1.82) is 0 Å². The predicted octanol–water partition coefficient (Wildman–Crippen LogP) is 2.78. The van der Waals surface area contributed by atoms with E-state index in [-0.39, 0.29) is 6.04 Å². The molecule has 2 nitrogen and oxygen atoms in total. The Morgan fingerprint density at radius 1 is 1.62 bits per heavy atom. The summed E-state index contributed by atoms with van der Waals surface area (Å²) in [6.45, 7) is 4.24. The van der Waals surface area contributed by atoms with Crippen LogP contribution in [0.3, 0.4) is 0 Å². The van der Waals surface area contributed by atoms with E-state index in [1.807, 2.05) is 12.1 Å². The minimum Gasteiger partial charge on any atom is -0.324 e. The summed E-state index contributed by atoms with van der Waals surface area (Å²) in [5.41, 5.74) is 6.97. The average Bonchev–Trinajstić information content (AvgIpc) is 2.16. The van der Waals surface area contributed by atoms with E-state index < -0.39 is 0 Å². The zero-order chi connectivity index (χ0) is 9.84. The molecule has 1 aromatic heterocycles. The first-order valence-corrected chi connectivity index (χ1v) is 4.90. The summed E-state index contributed by atoms with van der Waals surface area (Å²) in [4.78, 5) is 4.00. The third-order valence-corrected chi connectivity index (χ3v) is 2.72. The lowest BCUT2D eigenvalue weighted by Gasteiger charge is -2.18. The van der Waals surface area contributed by atoms with E-state index in [2.05, 4.69) is 18.8 Å². The minimum absolute atomic E-state index is 0.00815. The fourth-order valence-electron chi connectivity index (χ4n) is 1.21. The highest BCUT2D eigenvalue weighted by molar-refractivity contribution is 6.30. The van der Waals surface area contributed by atoms with Gasteiger partial charge in [-0.2, -0.15) is 0 Å². The molecule has 0 saturated carbocycles. The van der Waals surface area contributed by atoms with Crippen molar-refractivity contribution in [3.63, 3.8) is 0 Å². The molecule has 3 heteroatoms. The van der Waals surface area contributed by atoms with Crippen LogP contribution in [0.4, 0.5) is 0 Å². The molecule has 13 heavy (non-hydrogen) atoms. The number of rotatable bonds is 3. The Labute approximate surface area is 84.1 Å². The van der Waals surface area contributed by atoms with Gasteiger partial charge in [0.15, 0.2) is 0 Å². The molecule has 1 unspecified atom stereocenters. The van der Waals surface area contributed by atoms with Crippen molar-refractivity contribution in [1.82, 2.24) is 4.98 Å². The fraction of sp³-hybridized carbons (Fsp3) is 0.500. The van der Waals surface area contributed by atoms with Crippen LogP contribution in [0.5, 0.6) is 0 Å². The van der Waals surface area contributed by atoms with E-state index >= 15 is 0 Å². The van der Waals surface area contributed by atoms with Crippen LogP contribution in [0.2, 0.25) is 5.15 Å². The van der Waals surface area contributed by atoms with Crippen molar-refractivity contribution in [3.05, 3.63) is 29.0 Å². The maximum atomic E-state index is 6.03. The SMILES string of the molecule is CCC(C)[C@H](N)c1cccnc1Cl. The molecule has 0 bridgehead atoms. The molecule has 0 spiro atoms. The maximum absolute atomic E-state index is 6.03. The monoisotopic (exact) mass is 198 g/mol. The molecular formula is C10H15ClN2. The molecule has 0 amide bonds. The number of hydrogen-bond acceptors (Lipinski definition) is 2. The van der Waals surface area contributed by atoms with Gasteiger partial charge in [0, 0.05) is 17.8 Å². The van der Waals surface area contributed by atoms with Crippen molar-refractivity contribution in [3.8, 4) is 0 Å². The molecule has 1 rings (SSSR count). The Balaban J connectivity index is 2.88. The second-order valence-electron chi connectivity index (χ2n) is 3.29. The third kappa shape index (κ3) is 2.42. The quantitative estimate of drug-likeness (QED) is 0.759. The Kier molecular flexibility index (Phi) is 3.70. The standard InChI is InChI=1S/C10H15ClN2/c1-3-7(2)9(12)8-5-4-6-13-10(8)11/h4-7,9H,3,12H2,1-2H3/t7?,9-/m0/s1. The fourth-order valence-corrected chi connectivity index (χ4v) is 1.45. The van der Waals surface area contributed by atoms with E-state index in [0.717, 1.165) is 12.0 Å². The Morgan fingerprint density at radius 3 is 2.85 bits per heavy atom. The average molecular weight is 199 g/mol. The number of aromatic nitrogens is 1. The van der Waals surface area contributed by atoms with Crippen LogP contribution in [0.1, 0.15) is 31.9 Å². The van der Waals surface area contributed by atoms with Crippen molar-refractivity contribution < 1.29 is 0 Å². The van der Waals surface area contributed by atoms with E-state index in [1.54, 1.807) is 6.20 Å². The molecule has 0 aliphatic rings. The largest absolute Gasteiger partial charge is 0.324 e. The summed E-state index contributed by atoms with van der Waals surface area (Å²) in [6, 6.07) is 3.79. The van der Waals surface area contributed by atoms with Gasteiger partial charge in [-0.25, -0.2) is 4.98 Å². The molecule has 0 aliphatic carbocycles. The van der Waals surface area contributed by atoms with E-state index in [9.17, 15) is 0 Å². The summed E-state index contributed by atoms with van der Waals surface area (Å²) < 4.78 is 0. The number of nitrogens with zero attached hydrogens (tertiary/aromatic N) is 1. The van der Waals surface area contributed by atoms with E-state index in [4.69, 9.17) is 17.3 Å². The van der Waals surface area contributed by atoms with Crippen LogP contribution in [0, 0.1) is 5.92 Å². The molecule has 1 aromatic rings. The topological polar surface area (TPSA) is 38.9 Å². The van der Waals surface area contributed by atoms with Gasteiger partial charge < -0.3 is 5.73 Å².